The lowest BCUT2D eigenvalue weighted by Crippen LogP contribution is -2.27. The molecular weight excluding hydrogens is 482 g/mol. The van der Waals surface area contributed by atoms with Crippen LogP contribution in [0.25, 0.3) is 6.08 Å². The Morgan fingerprint density at radius 3 is 2.64 bits per heavy atom. The van der Waals surface area contributed by atoms with Gasteiger partial charge in [0.2, 0.25) is 0 Å². The van der Waals surface area contributed by atoms with E-state index in [0.717, 1.165) is 16.7 Å². The first-order valence-electron chi connectivity index (χ1n) is 10.7. The molecule has 0 aromatic heterocycles. The highest BCUT2D eigenvalue weighted by Crippen LogP contribution is 2.35. The van der Waals surface area contributed by atoms with Gasteiger partial charge in [0.25, 0.3) is 16.8 Å². The van der Waals surface area contributed by atoms with Crippen LogP contribution in [0.5, 0.6) is 11.5 Å². The van der Waals surface area contributed by atoms with E-state index in [9.17, 15) is 25.0 Å². The molecule has 0 atom stereocenters. The van der Waals surface area contributed by atoms with Gasteiger partial charge in [-0.25, -0.2) is 0 Å². The minimum Gasteiger partial charge on any atom is -0.493 e. The van der Waals surface area contributed by atoms with E-state index in [-0.39, 0.29) is 23.7 Å². The Hall–Kier alpha value is -4.62. The second kappa shape index (κ2) is 10.8. The number of imide groups is 1. The monoisotopic (exact) mass is 501 g/mol. The topological polar surface area (TPSA) is 123 Å². The van der Waals surface area contributed by atoms with Gasteiger partial charge in [0.05, 0.1) is 35.1 Å². The molecule has 4 rings (SSSR count). The molecule has 1 aliphatic heterocycles. The van der Waals surface area contributed by atoms with E-state index in [1.54, 1.807) is 60.7 Å². The van der Waals surface area contributed by atoms with Crippen LogP contribution in [0, 0.1) is 21.4 Å². The van der Waals surface area contributed by atoms with Crippen LogP contribution in [0.2, 0.25) is 0 Å². The average Bonchev–Trinajstić information content (AvgIpc) is 3.15. The van der Waals surface area contributed by atoms with Gasteiger partial charge in [0, 0.05) is 12.1 Å². The van der Waals surface area contributed by atoms with Crippen LogP contribution in [-0.2, 0) is 17.9 Å². The fourth-order valence-corrected chi connectivity index (χ4v) is 4.38. The Kier molecular flexibility index (Phi) is 7.32. The summed E-state index contributed by atoms with van der Waals surface area (Å²) in [6, 6.07) is 20.1. The molecule has 10 heteroatoms. The summed E-state index contributed by atoms with van der Waals surface area (Å²) in [4.78, 5) is 37.3. The number of nitro groups is 1. The van der Waals surface area contributed by atoms with Crippen LogP contribution in [0.1, 0.15) is 22.3 Å². The van der Waals surface area contributed by atoms with Crippen LogP contribution in [0.4, 0.5) is 10.5 Å². The highest BCUT2D eigenvalue weighted by atomic mass is 32.2. The number of methoxy groups -OCH3 is 1. The molecule has 36 heavy (non-hydrogen) atoms. The van der Waals surface area contributed by atoms with E-state index in [4.69, 9.17) is 9.47 Å². The number of hydrogen-bond acceptors (Lipinski definition) is 8. The number of carbonyl (C=O) groups excluding carboxylic acids is 2. The van der Waals surface area contributed by atoms with E-state index in [0.29, 0.717) is 33.8 Å². The highest BCUT2D eigenvalue weighted by molar-refractivity contribution is 8.18. The van der Waals surface area contributed by atoms with Gasteiger partial charge in [-0.05, 0) is 52.7 Å². The molecule has 1 heterocycles. The maximum Gasteiger partial charge on any atom is 0.293 e. The molecule has 0 saturated carbocycles. The maximum absolute atomic E-state index is 12.9. The Balaban J connectivity index is 1.49. The summed E-state index contributed by atoms with van der Waals surface area (Å²) < 4.78 is 11.2. The van der Waals surface area contributed by atoms with Gasteiger partial charge < -0.3 is 9.47 Å². The number of rotatable bonds is 8. The molecule has 2 amide bonds. The summed E-state index contributed by atoms with van der Waals surface area (Å²) in [5.74, 6) is 0.376. The first kappa shape index (κ1) is 24.5. The zero-order valence-corrected chi connectivity index (χ0v) is 19.9. The smallest absolute Gasteiger partial charge is 0.293 e. The van der Waals surface area contributed by atoms with E-state index in [1.807, 2.05) is 0 Å². The van der Waals surface area contributed by atoms with Crippen molar-refractivity contribution in [1.82, 2.24) is 4.90 Å². The predicted octanol–water partition coefficient (Wildman–Crippen LogP) is 5.29. The largest absolute Gasteiger partial charge is 0.493 e. The van der Waals surface area contributed by atoms with Crippen molar-refractivity contribution in [3.05, 3.63) is 104 Å². The molecule has 0 unspecified atom stereocenters. The van der Waals surface area contributed by atoms with Crippen molar-refractivity contribution in [3.8, 4) is 17.6 Å². The second-order valence-corrected chi connectivity index (χ2v) is 8.66. The normalized spacial score (nSPS) is 14.1. The second-order valence-electron chi connectivity index (χ2n) is 7.66. The fourth-order valence-electron chi connectivity index (χ4n) is 3.54. The molecule has 0 bridgehead atoms. The molecule has 1 saturated heterocycles. The molecule has 180 valence electrons. The minimum atomic E-state index is -0.469. The zero-order valence-electron chi connectivity index (χ0n) is 19.0. The first-order chi connectivity index (χ1) is 17.4. The Morgan fingerprint density at radius 1 is 1.08 bits per heavy atom. The van der Waals surface area contributed by atoms with Crippen molar-refractivity contribution < 1.29 is 24.0 Å². The van der Waals surface area contributed by atoms with Crippen molar-refractivity contribution in [2.24, 2.45) is 0 Å². The number of non-ortho nitro benzene ring substituents is 1. The Morgan fingerprint density at radius 2 is 1.89 bits per heavy atom. The maximum atomic E-state index is 12.9. The van der Waals surface area contributed by atoms with Gasteiger partial charge in [0.1, 0.15) is 6.61 Å². The third-order valence-electron chi connectivity index (χ3n) is 5.34. The molecule has 0 aliphatic carbocycles. The minimum absolute atomic E-state index is 0.0134. The van der Waals surface area contributed by atoms with Gasteiger partial charge in [-0.1, -0.05) is 36.4 Å². The third-order valence-corrected chi connectivity index (χ3v) is 6.25. The zero-order chi connectivity index (χ0) is 25.7. The van der Waals surface area contributed by atoms with E-state index < -0.39 is 16.1 Å². The summed E-state index contributed by atoms with van der Waals surface area (Å²) >= 11 is 0.827. The van der Waals surface area contributed by atoms with E-state index in [2.05, 4.69) is 6.07 Å². The van der Waals surface area contributed by atoms with Crippen LogP contribution in [0.3, 0.4) is 0 Å². The van der Waals surface area contributed by atoms with Crippen LogP contribution >= 0.6 is 11.8 Å². The van der Waals surface area contributed by atoms with E-state index in [1.165, 1.54) is 19.2 Å². The van der Waals surface area contributed by atoms with Gasteiger partial charge in [0.15, 0.2) is 11.5 Å². The number of nitro benzene ring substituents is 1. The van der Waals surface area contributed by atoms with Crippen LogP contribution in [-0.4, -0.2) is 28.1 Å². The highest BCUT2D eigenvalue weighted by Gasteiger charge is 2.35. The lowest BCUT2D eigenvalue weighted by Gasteiger charge is -2.13. The Bertz CT molecular complexity index is 1430. The van der Waals surface area contributed by atoms with Crippen molar-refractivity contribution in [3.63, 3.8) is 0 Å². The molecule has 1 fully saturated rings. The van der Waals surface area contributed by atoms with Gasteiger partial charge >= 0.3 is 0 Å². The standard InChI is InChI=1S/C26H19N3O6S/c1-34-23-12-17(9-10-22(23)35-16-18-5-4-8-21(11-18)29(32)33)13-24-25(30)28(26(31)36-24)15-20-7-3-2-6-19(20)14-27/h2-13H,15-16H2,1H3/b24-13+. The lowest BCUT2D eigenvalue weighted by molar-refractivity contribution is -0.384. The number of amides is 2. The quantitative estimate of drug-likeness (QED) is 0.232. The number of nitriles is 1. The molecule has 3 aromatic rings. The summed E-state index contributed by atoms with van der Waals surface area (Å²) in [5.41, 5.74) is 2.23. The molecule has 1 aliphatic rings. The van der Waals surface area contributed by atoms with Crippen molar-refractivity contribution in [2.75, 3.05) is 7.11 Å². The first-order valence-corrected chi connectivity index (χ1v) is 11.5. The average molecular weight is 502 g/mol. The number of ether oxygens (including phenoxy) is 2. The summed E-state index contributed by atoms with van der Waals surface area (Å²) in [6.45, 7) is 0.111. The lowest BCUT2D eigenvalue weighted by atomic mass is 10.1. The molecule has 0 N–H and O–H groups in total. The van der Waals surface area contributed by atoms with Crippen LogP contribution < -0.4 is 9.47 Å². The van der Waals surface area contributed by atoms with Crippen molar-refractivity contribution in [1.29, 1.82) is 5.26 Å². The van der Waals surface area contributed by atoms with Crippen molar-refractivity contribution in [2.45, 2.75) is 13.2 Å². The molecule has 0 radical (unpaired) electrons. The van der Waals surface area contributed by atoms with Crippen LogP contribution in [0.15, 0.2) is 71.6 Å². The third kappa shape index (κ3) is 5.37. The fraction of sp³-hybridized carbons (Fsp3) is 0.115. The van der Waals surface area contributed by atoms with Gasteiger partial charge in [-0.2, -0.15) is 5.26 Å². The molecule has 0 spiro atoms. The molecular formula is C26H19N3O6S. The predicted molar refractivity (Wildman–Crippen MR) is 133 cm³/mol. The van der Waals surface area contributed by atoms with Gasteiger partial charge in [-0.15, -0.1) is 0 Å². The molecule has 3 aromatic carbocycles. The molecule has 9 nitrogen and oxygen atoms in total. The van der Waals surface area contributed by atoms with Crippen molar-refractivity contribution >= 4 is 34.7 Å². The Labute approximate surface area is 210 Å². The summed E-state index contributed by atoms with van der Waals surface area (Å²) in [7, 11) is 1.47. The summed E-state index contributed by atoms with van der Waals surface area (Å²) in [6.07, 6.45) is 1.59. The number of hydrogen-bond donors (Lipinski definition) is 0. The SMILES string of the molecule is COc1cc(/C=C2/SC(=O)N(Cc3ccccc3C#N)C2=O)ccc1OCc1cccc([N+](=O)[O-])c1. The van der Waals surface area contributed by atoms with Gasteiger partial charge in [-0.3, -0.25) is 24.6 Å². The number of benzene rings is 3. The van der Waals surface area contributed by atoms with E-state index >= 15 is 0 Å². The number of carbonyl (C=O) groups is 2. The number of nitrogens with zero attached hydrogens (tertiary/aromatic N) is 3. The number of thioether (sulfide) groups is 1. The summed E-state index contributed by atoms with van der Waals surface area (Å²) in [5, 5.41) is 19.8.